The lowest BCUT2D eigenvalue weighted by Gasteiger charge is -2.11. The largest absolute Gasteiger partial charge is 0.507 e. The molecule has 0 radical (unpaired) electrons. The molecule has 0 saturated carbocycles. The monoisotopic (exact) mass is 302 g/mol. The molecular weight excluding hydrogens is 292 g/mol. The highest BCUT2D eigenvalue weighted by molar-refractivity contribution is 9.09. The molecule has 0 aliphatic carbocycles. The fourth-order valence-electron chi connectivity index (χ4n) is 1.36. The molecule has 1 unspecified atom stereocenters. The molecule has 0 heterocycles. The van der Waals surface area contributed by atoms with Gasteiger partial charge in [0.25, 0.3) is 0 Å². The molecule has 0 aliphatic rings. The number of aliphatic carboxylic acids is 1. The summed E-state index contributed by atoms with van der Waals surface area (Å²) < 4.78 is 0. The quantitative estimate of drug-likeness (QED) is 0.566. The zero-order valence-electron chi connectivity index (χ0n) is 8.76. The minimum absolute atomic E-state index is 0.0160. The summed E-state index contributed by atoms with van der Waals surface area (Å²) in [6.45, 7) is 0. The Morgan fingerprint density at radius 3 is 2.53 bits per heavy atom. The lowest BCUT2D eigenvalue weighted by atomic mass is 10.0. The number of phenols is 1. The zero-order chi connectivity index (χ0) is 13.0. The summed E-state index contributed by atoms with van der Waals surface area (Å²) in [4.78, 5) is 22.2. The third-order valence-electron chi connectivity index (χ3n) is 2.22. The predicted octanol–water partition coefficient (Wildman–Crippen LogP) is 1.48. The molecule has 0 saturated heterocycles. The van der Waals surface area contributed by atoms with Crippen molar-refractivity contribution in [3.05, 3.63) is 29.3 Å². The third kappa shape index (κ3) is 3.04. The number of aromatic hydroxyl groups is 1. The van der Waals surface area contributed by atoms with Gasteiger partial charge in [0.2, 0.25) is 0 Å². The first-order valence-corrected chi connectivity index (χ1v) is 5.93. The second-order valence-electron chi connectivity index (χ2n) is 3.35. The van der Waals surface area contributed by atoms with Crippen molar-refractivity contribution in [2.75, 3.05) is 5.33 Å². The van der Waals surface area contributed by atoms with Gasteiger partial charge in [0.1, 0.15) is 5.75 Å². The first-order chi connectivity index (χ1) is 7.99. The number of rotatable bonds is 5. The van der Waals surface area contributed by atoms with Gasteiger partial charge in [0.15, 0.2) is 11.9 Å². The molecular formula is C11H11BrO5. The van der Waals surface area contributed by atoms with Crippen LogP contribution in [0.15, 0.2) is 18.2 Å². The summed E-state index contributed by atoms with van der Waals surface area (Å²) in [5.74, 6) is -2.28. The van der Waals surface area contributed by atoms with Crippen molar-refractivity contribution in [2.24, 2.45) is 0 Å². The molecule has 0 amide bonds. The van der Waals surface area contributed by atoms with E-state index in [0.717, 1.165) is 0 Å². The molecule has 1 aromatic rings. The molecule has 3 N–H and O–H groups in total. The van der Waals surface area contributed by atoms with Crippen molar-refractivity contribution in [1.82, 2.24) is 0 Å². The number of carboxylic acids is 1. The maximum atomic E-state index is 11.6. The van der Waals surface area contributed by atoms with Crippen LogP contribution in [0.25, 0.3) is 0 Å². The van der Waals surface area contributed by atoms with Gasteiger partial charge >= 0.3 is 5.97 Å². The smallest absolute Gasteiger partial charge is 0.337 e. The van der Waals surface area contributed by atoms with Gasteiger partial charge in [-0.1, -0.05) is 28.1 Å². The number of phenolic OH excluding ortho intramolecular Hbond substituents is 1. The number of hydrogen-bond donors (Lipinski definition) is 3. The Hall–Kier alpha value is -1.40. The van der Waals surface area contributed by atoms with E-state index in [1.807, 2.05) is 0 Å². The van der Waals surface area contributed by atoms with Gasteiger partial charge < -0.3 is 15.3 Å². The Balaban J connectivity index is 3.15. The Morgan fingerprint density at radius 1 is 1.35 bits per heavy atom. The SMILES string of the molecule is O=C(CCBr)c1cccc(C(O)C(=O)O)c1O. The van der Waals surface area contributed by atoms with E-state index in [1.165, 1.54) is 18.2 Å². The molecule has 5 nitrogen and oxygen atoms in total. The van der Waals surface area contributed by atoms with Crippen molar-refractivity contribution in [2.45, 2.75) is 12.5 Å². The van der Waals surface area contributed by atoms with Crippen LogP contribution in [0.1, 0.15) is 28.4 Å². The number of alkyl halides is 1. The fourth-order valence-corrected chi connectivity index (χ4v) is 1.72. The Kier molecular flexibility index (Phi) is 4.65. The molecule has 0 aliphatic heterocycles. The van der Waals surface area contributed by atoms with Crippen molar-refractivity contribution in [3.63, 3.8) is 0 Å². The van der Waals surface area contributed by atoms with Crippen molar-refractivity contribution in [3.8, 4) is 5.75 Å². The summed E-state index contributed by atoms with van der Waals surface area (Å²) in [7, 11) is 0. The Labute approximate surface area is 106 Å². The van der Waals surface area contributed by atoms with Crippen LogP contribution in [-0.2, 0) is 4.79 Å². The second kappa shape index (κ2) is 5.79. The van der Waals surface area contributed by atoms with E-state index in [4.69, 9.17) is 5.11 Å². The molecule has 0 spiro atoms. The number of halogens is 1. The average molecular weight is 303 g/mol. The molecule has 1 rings (SSSR count). The summed E-state index contributed by atoms with van der Waals surface area (Å²) in [5, 5.41) is 28.2. The van der Waals surface area contributed by atoms with Gasteiger partial charge in [0, 0.05) is 17.3 Å². The van der Waals surface area contributed by atoms with Gasteiger partial charge in [-0.05, 0) is 6.07 Å². The van der Waals surface area contributed by atoms with Crippen LogP contribution >= 0.6 is 15.9 Å². The number of carboxylic acid groups (broad SMARTS) is 1. The van der Waals surface area contributed by atoms with E-state index in [9.17, 15) is 19.8 Å². The molecule has 0 aromatic heterocycles. The van der Waals surface area contributed by atoms with Gasteiger partial charge in [-0.25, -0.2) is 4.79 Å². The average Bonchev–Trinajstić information content (AvgIpc) is 2.28. The number of ketones is 1. The second-order valence-corrected chi connectivity index (χ2v) is 4.14. The van der Waals surface area contributed by atoms with E-state index < -0.39 is 17.8 Å². The zero-order valence-corrected chi connectivity index (χ0v) is 10.3. The lowest BCUT2D eigenvalue weighted by Crippen LogP contribution is -2.12. The van der Waals surface area contributed by atoms with Gasteiger partial charge in [-0.15, -0.1) is 0 Å². The fraction of sp³-hybridized carbons (Fsp3) is 0.273. The Bertz CT molecular complexity index is 443. The van der Waals surface area contributed by atoms with E-state index in [1.54, 1.807) is 0 Å². The summed E-state index contributed by atoms with van der Waals surface area (Å²) in [5.41, 5.74) is -0.167. The highest BCUT2D eigenvalue weighted by Crippen LogP contribution is 2.29. The van der Waals surface area contributed by atoms with E-state index in [2.05, 4.69) is 15.9 Å². The number of benzene rings is 1. The van der Waals surface area contributed by atoms with Crippen LogP contribution in [-0.4, -0.2) is 32.4 Å². The van der Waals surface area contributed by atoms with Crippen LogP contribution < -0.4 is 0 Å². The first-order valence-electron chi connectivity index (χ1n) is 4.81. The highest BCUT2D eigenvalue weighted by atomic mass is 79.9. The molecule has 0 fully saturated rings. The summed E-state index contributed by atoms with van der Waals surface area (Å²) in [6.07, 6.45) is -1.66. The number of aliphatic hydroxyl groups excluding tert-OH is 1. The molecule has 1 aromatic carbocycles. The van der Waals surface area contributed by atoms with Gasteiger partial charge in [-0.2, -0.15) is 0 Å². The topological polar surface area (TPSA) is 94.8 Å². The van der Waals surface area contributed by atoms with Crippen LogP contribution in [0.2, 0.25) is 0 Å². The molecule has 92 valence electrons. The van der Waals surface area contributed by atoms with Crippen LogP contribution in [0.3, 0.4) is 0 Å². The first kappa shape index (κ1) is 13.7. The van der Waals surface area contributed by atoms with Crippen LogP contribution in [0.5, 0.6) is 5.75 Å². The van der Waals surface area contributed by atoms with Crippen molar-refractivity contribution >= 4 is 27.7 Å². The number of hydrogen-bond acceptors (Lipinski definition) is 4. The van der Waals surface area contributed by atoms with E-state index >= 15 is 0 Å². The number of para-hydroxylation sites is 1. The number of Topliss-reactive ketones (excluding diaryl/α,β-unsaturated/α-hetero) is 1. The predicted molar refractivity (Wildman–Crippen MR) is 63.4 cm³/mol. The lowest BCUT2D eigenvalue weighted by molar-refractivity contribution is -0.147. The van der Waals surface area contributed by atoms with Gasteiger partial charge in [0.05, 0.1) is 5.56 Å². The number of aliphatic hydroxyl groups is 1. The summed E-state index contributed by atoms with van der Waals surface area (Å²) in [6, 6.07) is 4.07. The maximum absolute atomic E-state index is 11.6. The van der Waals surface area contributed by atoms with Crippen LogP contribution in [0.4, 0.5) is 0 Å². The minimum atomic E-state index is -1.84. The third-order valence-corrected chi connectivity index (χ3v) is 2.61. The van der Waals surface area contributed by atoms with E-state index in [-0.39, 0.29) is 23.3 Å². The normalized spacial score (nSPS) is 12.1. The van der Waals surface area contributed by atoms with Crippen LogP contribution in [0, 0.1) is 0 Å². The molecule has 1 atom stereocenters. The maximum Gasteiger partial charge on any atom is 0.337 e. The standard InChI is InChI=1S/C11H11BrO5/c12-5-4-8(13)6-2-1-3-7(9(6)14)10(15)11(16)17/h1-3,10,14-15H,4-5H2,(H,16,17). The molecule has 0 bridgehead atoms. The molecule has 17 heavy (non-hydrogen) atoms. The van der Waals surface area contributed by atoms with Crippen molar-refractivity contribution < 1.29 is 24.9 Å². The van der Waals surface area contributed by atoms with Crippen molar-refractivity contribution in [1.29, 1.82) is 0 Å². The summed E-state index contributed by atoms with van der Waals surface area (Å²) >= 11 is 3.10. The van der Waals surface area contributed by atoms with E-state index in [0.29, 0.717) is 5.33 Å². The minimum Gasteiger partial charge on any atom is -0.507 e. The Morgan fingerprint density at radius 2 is 2.00 bits per heavy atom. The number of carbonyl (C=O) groups is 2. The highest BCUT2D eigenvalue weighted by Gasteiger charge is 2.22. The number of carbonyl (C=O) groups excluding carboxylic acids is 1. The molecule has 6 heteroatoms. The van der Waals surface area contributed by atoms with Gasteiger partial charge in [-0.3, -0.25) is 4.79 Å².